The lowest BCUT2D eigenvalue weighted by Crippen LogP contribution is -2.09. The normalized spacial score (nSPS) is 11.3. The molecule has 0 amide bonds. The van der Waals surface area contributed by atoms with Gasteiger partial charge in [-0.2, -0.15) is 0 Å². The summed E-state index contributed by atoms with van der Waals surface area (Å²) in [4.78, 5) is 15.0. The van der Waals surface area contributed by atoms with Gasteiger partial charge in [-0.25, -0.2) is 9.97 Å². The van der Waals surface area contributed by atoms with Crippen molar-refractivity contribution < 1.29 is 0 Å². The second-order valence-corrected chi connectivity index (χ2v) is 18.4. The smallest absolute Gasteiger partial charge is 0.160 e. The van der Waals surface area contributed by atoms with Gasteiger partial charge < -0.3 is 14.4 Å². The van der Waals surface area contributed by atoms with E-state index in [4.69, 9.17) is 9.97 Å². The molecule has 0 spiro atoms. The SMILES string of the molecule is Cc1cc(-c2cc(-c3ccccc3C)nc(-c3ccccc3C)n2)ccc1-c1ccc(-n2c3ccc(N(c4ccccc4)c4ccccc4)cc3c3cc(N(c4ccccc4)c4ccccc4)ccc32)cc1. The summed E-state index contributed by atoms with van der Waals surface area (Å²) in [6.07, 6.45) is 0. The lowest BCUT2D eigenvalue weighted by Gasteiger charge is -2.26. The summed E-state index contributed by atoms with van der Waals surface area (Å²) >= 11 is 0. The van der Waals surface area contributed by atoms with Crippen LogP contribution in [0.15, 0.2) is 255 Å². The van der Waals surface area contributed by atoms with Crippen molar-refractivity contribution >= 4 is 55.9 Å². The van der Waals surface area contributed by atoms with Gasteiger partial charge in [-0.15, -0.1) is 0 Å². The fraction of sp³-hybridized carbons (Fsp3) is 0.0448. The average molecular weight is 926 g/mol. The zero-order valence-electron chi connectivity index (χ0n) is 40.5. The van der Waals surface area contributed by atoms with Gasteiger partial charge in [-0.3, -0.25) is 0 Å². The molecule has 0 aliphatic rings. The molecule has 12 rings (SSSR count). The standard InChI is InChI=1S/C67H51N5/c1-46-20-16-18-30-59(46)64-45-63(68-67(69-64)60-31-19-17-21-47(60)2)50-34-39-58(48(3)42-50)49-32-35-55(36-33-49)72-65-40-37-56(70(51-22-8-4-9-23-51)52-24-10-5-11-25-52)43-61(65)62-44-57(38-41-66(62)72)71(53-26-12-6-13-27-53)54-28-14-7-15-29-54/h4-45H,1-3H3. The number of anilines is 6. The average Bonchev–Trinajstić information content (AvgIpc) is 3.75. The molecule has 0 atom stereocenters. The van der Waals surface area contributed by atoms with Crippen molar-refractivity contribution in [3.63, 3.8) is 0 Å². The van der Waals surface area contributed by atoms with Gasteiger partial charge in [-0.1, -0.05) is 146 Å². The Kier molecular flexibility index (Phi) is 11.5. The highest BCUT2D eigenvalue weighted by molar-refractivity contribution is 6.12. The molecule has 2 aromatic heterocycles. The Hall–Kier alpha value is -9.32. The van der Waals surface area contributed by atoms with Crippen LogP contribution in [0.25, 0.3) is 72.5 Å². The predicted molar refractivity (Wildman–Crippen MR) is 302 cm³/mol. The minimum absolute atomic E-state index is 0.730. The Balaban J connectivity index is 0.966. The first-order chi connectivity index (χ1) is 35.4. The summed E-state index contributed by atoms with van der Waals surface area (Å²) in [5, 5.41) is 2.33. The van der Waals surface area contributed by atoms with Gasteiger partial charge in [0.05, 0.1) is 22.4 Å². The van der Waals surface area contributed by atoms with E-state index in [1.807, 2.05) is 0 Å². The summed E-state index contributed by atoms with van der Waals surface area (Å²) in [7, 11) is 0. The molecule has 0 fully saturated rings. The predicted octanol–water partition coefficient (Wildman–Crippen LogP) is 18.1. The molecular formula is C67H51N5. The van der Waals surface area contributed by atoms with Crippen LogP contribution in [0.3, 0.4) is 0 Å². The summed E-state index contributed by atoms with van der Waals surface area (Å²) in [6.45, 7) is 6.46. The fourth-order valence-corrected chi connectivity index (χ4v) is 10.2. The largest absolute Gasteiger partial charge is 0.310 e. The van der Waals surface area contributed by atoms with E-state index >= 15 is 0 Å². The van der Waals surface area contributed by atoms with Crippen LogP contribution in [0, 0.1) is 20.8 Å². The summed E-state index contributed by atoms with van der Waals surface area (Å²) < 4.78 is 2.41. The molecule has 0 aliphatic carbocycles. The zero-order chi connectivity index (χ0) is 48.5. The Morgan fingerprint density at radius 1 is 0.306 bits per heavy atom. The van der Waals surface area contributed by atoms with Gasteiger partial charge in [0.25, 0.3) is 0 Å². The summed E-state index contributed by atoms with van der Waals surface area (Å²) in [5.41, 5.74) is 20.8. The molecule has 0 aliphatic heterocycles. The van der Waals surface area contributed by atoms with E-state index in [-0.39, 0.29) is 0 Å². The molecule has 0 radical (unpaired) electrons. The van der Waals surface area contributed by atoms with Gasteiger partial charge in [-0.05, 0) is 158 Å². The van der Waals surface area contributed by atoms with E-state index in [1.54, 1.807) is 0 Å². The number of rotatable bonds is 11. The fourth-order valence-electron chi connectivity index (χ4n) is 10.2. The monoisotopic (exact) mass is 925 g/mol. The maximum Gasteiger partial charge on any atom is 0.160 e. The van der Waals surface area contributed by atoms with E-state index < -0.39 is 0 Å². The number of para-hydroxylation sites is 4. The zero-order valence-corrected chi connectivity index (χ0v) is 40.5. The van der Waals surface area contributed by atoms with Gasteiger partial charge in [0.1, 0.15) is 0 Å². The lowest BCUT2D eigenvalue weighted by molar-refractivity contribution is 1.17. The van der Waals surface area contributed by atoms with Crippen LogP contribution in [0.4, 0.5) is 34.1 Å². The Bertz CT molecular complexity index is 3600. The molecule has 5 heteroatoms. The molecule has 12 aromatic rings. The van der Waals surface area contributed by atoms with Gasteiger partial charge in [0.2, 0.25) is 0 Å². The molecule has 2 heterocycles. The number of benzene rings is 10. The van der Waals surface area contributed by atoms with Crippen LogP contribution in [0.5, 0.6) is 0 Å². The van der Waals surface area contributed by atoms with E-state index in [0.29, 0.717) is 0 Å². The quantitative estimate of drug-likeness (QED) is 0.130. The summed E-state index contributed by atoms with van der Waals surface area (Å²) in [5.74, 6) is 0.730. The highest BCUT2D eigenvalue weighted by atomic mass is 15.1. The van der Waals surface area contributed by atoms with Crippen molar-refractivity contribution in [3.05, 3.63) is 271 Å². The number of aromatic nitrogens is 3. The molecule has 0 saturated carbocycles. The molecule has 0 unspecified atom stereocenters. The number of fused-ring (bicyclic) bond motifs is 3. The molecule has 0 saturated heterocycles. The van der Waals surface area contributed by atoms with Crippen LogP contribution >= 0.6 is 0 Å². The number of hydrogen-bond acceptors (Lipinski definition) is 4. The maximum atomic E-state index is 5.20. The van der Waals surface area contributed by atoms with E-state index in [1.165, 1.54) is 27.5 Å². The van der Waals surface area contributed by atoms with Crippen LogP contribution in [0.2, 0.25) is 0 Å². The van der Waals surface area contributed by atoms with Crippen molar-refractivity contribution in [1.82, 2.24) is 14.5 Å². The highest BCUT2D eigenvalue weighted by Crippen LogP contribution is 2.43. The molecule has 0 bridgehead atoms. The van der Waals surface area contributed by atoms with Crippen LogP contribution in [-0.4, -0.2) is 14.5 Å². The molecule has 5 nitrogen and oxygen atoms in total. The first-order valence-corrected chi connectivity index (χ1v) is 24.6. The first-order valence-electron chi connectivity index (χ1n) is 24.6. The van der Waals surface area contributed by atoms with Crippen LogP contribution in [-0.2, 0) is 0 Å². The van der Waals surface area contributed by atoms with Crippen molar-refractivity contribution in [2.75, 3.05) is 9.80 Å². The van der Waals surface area contributed by atoms with Gasteiger partial charge >= 0.3 is 0 Å². The number of aryl methyl sites for hydroxylation is 3. The van der Waals surface area contributed by atoms with Crippen molar-refractivity contribution in [2.24, 2.45) is 0 Å². The minimum Gasteiger partial charge on any atom is -0.310 e. The van der Waals surface area contributed by atoms with Crippen molar-refractivity contribution in [3.8, 4) is 50.7 Å². The van der Waals surface area contributed by atoms with Crippen molar-refractivity contribution in [1.29, 1.82) is 0 Å². The Morgan fingerprint density at radius 3 is 1.21 bits per heavy atom. The first kappa shape index (κ1) is 43.9. The third-order valence-electron chi connectivity index (χ3n) is 13.8. The second kappa shape index (κ2) is 18.9. The Morgan fingerprint density at radius 2 is 0.736 bits per heavy atom. The van der Waals surface area contributed by atoms with E-state index in [2.05, 4.69) is 290 Å². The lowest BCUT2D eigenvalue weighted by atomic mass is 9.96. The second-order valence-electron chi connectivity index (χ2n) is 18.4. The topological polar surface area (TPSA) is 37.2 Å². The molecular weight excluding hydrogens is 875 g/mol. The molecule has 10 aromatic carbocycles. The molecule has 72 heavy (non-hydrogen) atoms. The minimum atomic E-state index is 0.730. The molecule has 0 N–H and O–H groups in total. The Labute approximate surface area is 421 Å². The number of nitrogens with zero attached hydrogens (tertiary/aromatic N) is 5. The van der Waals surface area contributed by atoms with E-state index in [9.17, 15) is 0 Å². The molecule has 344 valence electrons. The number of hydrogen-bond donors (Lipinski definition) is 0. The highest BCUT2D eigenvalue weighted by Gasteiger charge is 2.21. The summed E-state index contributed by atoms with van der Waals surface area (Å²) in [6, 6.07) is 91.0. The van der Waals surface area contributed by atoms with Crippen LogP contribution in [0.1, 0.15) is 16.7 Å². The third-order valence-corrected chi connectivity index (χ3v) is 13.8. The maximum absolute atomic E-state index is 5.20. The van der Waals surface area contributed by atoms with Gasteiger partial charge in [0, 0.05) is 67.3 Å². The van der Waals surface area contributed by atoms with Crippen molar-refractivity contribution in [2.45, 2.75) is 20.8 Å². The third kappa shape index (κ3) is 8.27. The van der Waals surface area contributed by atoms with E-state index in [0.717, 1.165) is 95.9 Å². The van der Waals surface area contributed by atoms with Crippen LogP contribution < -0.4 is 9.80 Å². The van der Waals surface area contributed by atoms with Gasteiger partial charge in [0.15, 0.2) is 5.82 Å².